The van der Waals surface area contributed by atoms with Crippen molar-refractivity contribution in [2.24, 2.45) is 0 Å². The van der Waals surface area contributed by atoms with Gasteiger partial charge in [-0.25, -0.2) is 4.98 Å². The largest absolute Gasteiger partial charge is 0.353 e. The molecule has 1 aliphatic heterocycles. The molecule has 0 atom stereocenters. The van der Waals surface area contributed by atoms with Crippen molar-refractivity contribution >= 4 is 44.9 Å². The first-order valence-corrected chi connectivity index (χ1v) is 6.42. The molecule has 1 aliphatic rings. The average Bonchev–Trinajstić information content (AvgIpc) is 2.75. The Morgan fingerprint density at radius 1 is 1.47 bits per heavy atom. The lowest BCUT2D eigenvalue weighted by Gasteiger charge is -2.27. The predicted molar refractivity (Wildman–Crippen MR) is 67.6 cm³/mol. The highest BCUT2D eigenvalue weighted by atomic mass is 35.5. The fourth-order valence-corrected chi connectivity index (χ4v) is 2.87. The third-order valence-corrected chi connectivity index (χ3v) is 3.66. The summed E-state index contributed by atoms with van der Waals surface area (Å²) >= 11 is 7.45. The Labute approximate surface area is 106 Å². The number of carbonyl (C=O) groups excluding carboxylic acids is 1. The second kappa shape index (κ2) is 4.12. The molecule has 0 radical (unpaired) electrons. The number of rotatable bonds is 1. The van der Waals surface area contributed by atoms with E-state index in [9.17, 15) is 4.79 Å². The van der Waals surface area contributed by atoms with Crippen LogP contribution in [0.25, 0.3) is 10.2 Å². The summed E-state index contributed by atoms with van der Waals surface area (Å²) in [6.45, 7) is 1.69. The van der Waals surface area contributed by atoms with Crippen LogP contribution in [0.4, 0.5) is 5.82 Å². The third kappa shape index (κ3) is 1.94. The van der Waals surface area contributed by atoms with E-state index in [0.717, 1.165) is 22.6 Å². The molecule has 7 heteroatoms. The number of nitrogens with one attached hydrogen (secondary N) is 1. The molecule has 2 aromatic rings. The molecule has 0 aliphatic carbocycles. The van der Waals surface area contributed by atoms with Crippen LogP contribution in [0.15, 0.2) is 11.4 Å². The monoisotopic (exact) mass is 268 g/mol. The first kappa shape index (κ1) is 10.7. The summed E-state index contributed by atoms with van der Waals surface area (Å²) in [5.41, 5.74) is 0.830. The van der Waals surface area contributed by atoms with Crippen molar-refractivity contribution in [1.82, 2.24) is 15.3 Å². The van der Waals surface area contributed by atoms with Crippen LogP contribution in [0.1, 0.15) is 0 Å². The van der Waals surface area contributed by atoms with Gasteiger partial charge in [-0.3, -0.25) is 4.79 Å². The van der Waals surface area contributed by atoms with E-state index >= 15 is 0 Å². The molecule has 2 aromatic heterocycles. The van der Waals surface area contributed by atoms with Gasteiger partial charge in [0.15, 0.2) is 5.82 Å². The molecule has 0 aromatic carbocycles. The number of nitrogens with zero attached hydrogens (tertiary/aromatic N) is 3. The van der Waals surface area contributed by atoms with E-state index in [2.05, 4.69) is 15.3 Å². The van der Waals surface area contributed by atoms with Gasteiger partial charge in [-0.15, -0.1) is 11.3 Å². The van der Waals surface area contributed by atoms with Crippen LogP contribution in [0.3, 0.4) is 0 Å². The summed E-state index contributed by atoms with van der Waals surface area (Å²) in [6.07, 6.45) is 0. The van der Waals surface area contributed by atoms with Crippen molar-refractivity contribution in [1.29, 1.82) is 0 Å². The Kier molecular flexibility index (Phi) is 2.60. The number of aromatic nitrogens is 2. The minimum absolute atomic E-state index is 0.00990. The molecule has 5 nitrogen and oxygen atoms in total. The lowest BCUT2D eigenvalue weighted by atomic mass is 10.3. The van der Waals surface area contributed by atoms with E-state index in [1.54, 1.807) is 11.3 Å². The van der Waals surface area contributed by atoms with Gasteiger partial charge in [0.25, 0.3) is 0 Å². The van der Waals surface area contributed by atoms with Crippen molar-refractivity contribution in [3.63, 3.8) is 0 Å². The summed E-state index contributed by atoms with van der Waals surface area (Å²) in [6, 6.07) is 1.90. The van der Waals surface area contributed by atoms with Gasteiger partial charge < -0.3 is 10.2 Å². The van der Waals surface area contributed by atoms with E-state index in [0.29, 0.717) is 13.1 Å². The van der Waals surface area contributed by atoms with E-state index in [1.165, 1.54) is 0 Å². The molecule has 0 bridgehead atoms. The van der Waals surface area contributed by atoms with Crippen molar-refractivity contribution in [3.05, 3.63) is 16.7 Å². The maximum atomic E-state index is 11.4. The summed E-state index contributed by atoms with van der Waals surface area (Å²) in [5.74, 6) is 0.764. The summed E-state index contributed by atoms with van der Waals surface area (Å²) < 4.78 is 0.976. The zero-order valence-corrected chi connectivity index (χ0v) is 10.4. The van der Waals surface area contributed by atoms with Gasteiger partial charge >= 0.3 is 0 Å². The molecule has 88 valence electrons. The molecule has 3 rings (SSSR count). The van der Waals surface area contributed by atoms with Gasteiger partial charge in [0.1, 0.15) is 0 Å². The molecule has 0 unspecified atom stereocenters. The standard InChI is InChI=1S/C10H9ClN4OS/c11-10-13-6-1-4-17-8(6)9(14-10)15-3-2-12-7(16)5-15/h1,4H,2-3,5H2,(H,12,16). The second-order valence-corrected chi connectivity index (χ2v) is 4.98. The highest BCUT2D eigenvalue weighted by Gasteiger charge is 2.21. The van der Waals surface area contributed by atoms with Crippen LogP contribution in [-0.4, -0.2) is 35.5 Å². The molecule has 17 heavy (non-hydrogen) atoms. The number of piperazine rings is 1. The number of amides is 1. The van der Waals surface area contributed by atoms with Crippen molar-refractivity contribution in [2.45, 2.75) is 0 Å². The summed E-state index contributed by atoms with van der Waals surface area (Å²) in [7, 11) is 0. The Bertz CT molecular complexity index is 585. The lowest BCUT2D eigenvalue weighted by Crippen LogP contribution is -2.48. The number of hydrogen-bond donors (Lipinski definition) is 1. The summed E-state index contributed by atoms with van der Waals surface area (Å²) in [4.78, 5) is 21.7. The van der Waals surface area contributed by atoms with Crippen molar-refractivity contribution < 1.29 is 4.79 Å². The van der Waals surface area contributed by atoms with Crippen LogP contribution >= 0.6 is 22.9 Å². The van der Waals surface area contributed by atoms with E-state index < -0.39 is 0 Å². The molecule has 1 saturated heterocycles. The fourth-order valence-electron chi connectivity index (χ4n) is 1.85. The Morgan fingerprint density at radius 3 is 3.18 bits per heavy atom. The highest BCUT2D eigenvalue weighted by molar-refractivity contribution is 7.17. The second-order valence-electron chi connectivity index (χ2n) is 3.72. The number of fused-ring (bicyclic) bond motifs is 1. The molecular formula is C10H9ClN4OS. The fraction of sp³-hybridized carbons (Fsp3) is 0.300. The van der Waals surface area contributed by atoms with E-state index in [4.69, 9.17) is 11.6 Å². The van der Waals surface area contributed by atoms with Crippen LogP contribution in [-0.2, 0) is 4.79 Å². The molecule has 0 saturated carbocycles. The number of anilines is 1. The molecular weight excluding hydrogens is 260 g/mol. The zero-order chi connectivity index (χ0) is 11.8. The number of carbonyl (C=O) groups is 1. The molecule has 1 amide bonds. The van der Waals surface area contributed by atoms with Gasteiger partial charge in [-0.1, -0.05) is 0 Å². The van der Waals surface area contributed by atoms with Crippen LogP contribution < -0.4 is 10.2 Å². The summed E-state index contributed by atoms with van der Waals surface area (Å²) in [5, 5.41) is 4.95. The molecule has 0 spiro atoms. The Hall–Kier alpha value is -1.40. The van der Waals surface area contributed by atoms with Crippen LogP contribution in [0, 0.1) is 0 Å². The SMILES string of the molecule is O=C1CN(c2nc(Cl)nc3ccsc23)CCN1. The van der Waals surface area contributed by atoms with Gasteiger partial charge in [0.2, 0.25) is 11.2 Å². The smallest absolute Gasteiger partial charge is 0.239 e. The maximum absolute atomic E-state index is 11.4. The van der Waals surface area contributed by atoms with Gasteiger partial charge in [0.05, 0.1) is 16.8 Å². The third-order valence-electron chi connectivity index (χ3n) is 2.60. The van der Waals surface area contributed by atoms with E-state index in [-0.39, 0.29) is 11.2 Å². The Morgan fingerprint density at radius 2 is 2.35 bits per heavy atom. The maximum Gasteiger partial charge on any atom is 0.239 e. The quantitative estimate of drug-likeness (QED) is 0.792. The normalized spacial score (nSPS) is 16.3. The predicted octanol–water partition coefficient (Wildman–Crippen LogP) is 1.28. The van der Waals surface area contributed by atoms with Gasteiger partial charge in [0, 0.05) is 13.1 Å². The minimum atomic E-state index is 0.00990. The first-order valence-electron chi connectivity index (χ1n) is 5.16. The molecule has 1 fully saturated rings. The van der Waals surface area contributed by atoms with E-state index in [1.807, 2.05) is 16.3 Å². The zero-order valence-electron chi connectivity index (χ0n) is 8.81. The van der Waals surface area contributed by atoms with Gasteiger partial charge in [-0.2, -0.15) is 4.98 Å². The molecule has 1 N–H and O–H groups in total. The lowest BCUT2D eigenvalue weighted by molar-refractivity contribution is -0.120. The van der Waals surface area contributed by atoms with Gasteiger partial charge in [-0.05, 0) is 23.0 Å². The van der Waals surface area contributed by atoms with Crippen LogP contribution in [0.2, 0.25) is 5.28 Å². The minimum Gasteiger partial charge on any atom is -0.353 e. The molecule has 3 heterocycles. The Balaban J connectivity index is 2.09. The van der Waals surface area contributed by atoms with Crippen molar-refractivity contribution in [2.75, 3.05) is 24.5 Å². The number of thiophene rings is 1. The number of halogens is 1. The average molecular weight is 269 g/mol. The van der Waals surface area contributed by atoms with Crippen LogP contribution in [0.5, 0.6) is 0 Å². The van der Waals surface area contributed by atoms with Crippen molar-refractivity contribution in [3.8, 4) is 0 Å². The number of hydrogen-bond acceptors (Lipinski definition) is 5. The highest BCUT2D eigenvalue weighted by Crippen LogP contribution is 2.30. The first-order chi connectivity index (χ1) is 8.24. The topological polar surface area (TPSA) is 58.1 Å².